The van der Waals surface area contributed by atoms with E-state index in [1.807, 2.05) is 12.5 Å². The monoisotopic (exact) mass is 526 g/mol. The number of hydrogen-bond acceptors (Lipinski definition) is 1. The van der Waals surface area contributed by atoms with Crippen molar-refractivity contribution in [3.05, 3.63) is 18.7 Å². The van der Waals surface area contributed by atoms with Gasteiger partial charge < -0.3 is 4.57 Å². The molecule has 33 heavy (non-hydrogen) atoms. The van der Waals surface area contributed by atoms with Gasteiger partial charge in [0.1, 0.15) is 0 Å². The molecule has 0 aromatic carbocycles. The van der Waals surface area contributed by atoms with Gasteiger partial charge in [-0.3, -0.25) is 0 Å². The van der Waals surface area contributed by atoms with Gasteiger partial charge in [0.2, 0.25) is 0 Å². The molecular weight excluding hydrogens is 468 g/mol. The third-order valence-electron chi connectivity index (χ3n) is 7.23. The van der Waals surface area contributed by atoms with E-state index in [9.17, 15) is 0 Å². The first-order valence-corrected chi connectivity index (χ1v) is 14.9. The van der Waals surface area contributed by atoms with E-state index >= 15 is 0 Å². The molecule has 0 bridgehead atoms. The minimum Gasteiger partial charge on any atom is -0.334 e. The number of hydrogen-bond donors (Lipinski definition) is 0. The van der Waals surface area contributed by atoms with Crippen LogP contribution in [0.3, 0.4) is 0 Å². The van der Waals surface area contributed by atoms with E-state index in [1.54, 1.807) is 0 Å². The van der Waals surface area contributed by atoms with E-state index in [2.05, 4.69) is 29.6 Å². The lowest BCUT2D eigenvalue weighted by molar-refractivity contribution is 0.393. The summed E-state index contributed by atoms with van der Waals surface area (Å²) in [6, 6.07) is 0.676. The van der Waals surface area contributed by atoms with Crippen LogP contribution in [0.2, 0.25) is 0 Å². The molecule has 0 amide bonds. The van der Waals surface area contributed by atoms with Gasteiger partial charge in [0.15, 0.2) is 0 Å². The van der Waals surface area contributed by atoms with Crippen LogP contribution in [0.1, 0.15) is 174 Å². The fourth-order valence-electron chi connectivity index (χ4n) is 5.02. The standard InChI is InChI=1S/C30H58N2.BrH/c1-3-5-7-9-11-12-13-14-15-16-17-18-19-20-22-24-26-30(32-28-27-31-29-32)25-23-21-10-8-6-4-2;/h27-30H,3-26H2,1-2H3;1H. The van der Waals surface area contributed by atoms with Crippen molar-refractivity contribution >= 4 is 17.0 Å². The van der Waals surface area contributed by atoms with Crippen LogP contribution in [0.15, 0.2) is 18.7 Å². The maximum Gasteiger partial charge on any atom is 0.0948 e. The Balaban J connectivity index is 0.0000102. The minimum absolute atomic E-state index is 0. The Labute approximate surface area is 218 Å². The first kappa shape index (κ1) is 32.7. The number of unbranched alkanes of at least 4 members (excludes halogenated alkanes) is 20. The van der Waals surface area contributed by atoms with Gasteiger partial charge >= 0.3 is 0 Å². The average molecular weight is 528 g/mol. The van der Waals surface area contributed by atoms with Crippen molar-refractivity contribution in [3.8, 4) is 0 Å². The van der Waals surface area contributed by atoms with Gasteiger partial charge in [-0.05, 0) is 12.8 Å². The predicted molar refractivity (Wildman–Crippen MR) is 154 cm³/mol. The van der Waals surface area contributed by atoms with E-state index in [4.69, 9.17) is 0 Å². The molecule has 1 aromatic heterocycles. The molecule has 1 aromatic rings. The van der Waals surface area contributed by atoms with Gasteiger partial charge in [-0.2, -0.15) is 0 Å². The Morgan fingerprint density at radius 2 is 0.848 bits per heavy atom. The Morgan fingerprint density at radius 3 is 1.15 bits per heavy atom. The summed E-state index contributed by atoms with van der Waals surface area (Å²) in [5, 5.41) is 0. The van der Waals surface area contributed by atoms with Crippen molar-refractivity contribution in [1.29, 1.82) is 0 Å². The normalized spacial score (nSPS) is 12.1. The van der Waals surface area contributed by atoms with Crippen LogP contribution in [0.5, 0.6) is 0 Å². The molecule has 196 valence electrons. The zero-order valence-corrected chi connectivity index (χ0v) is 24.3. The highest BCUT2D eigenvalue weighted by Crippen LogP contribution is 2.23. The van der Waals surface area contributed by atoms with E-state index in [-0.39, 0.29) is 17.0 Å². The lowest BCUT2D eigenvalue weighted by Crippen LogP contribution is -2.07. The first-order chi connectivity index (χ1) is 15.9. The van der Waals surface area contributed by atoms with Crippen LogP contribution in [-0.4, -0.2) is 9.55 Å². The van der Waals surface area contributed by atoms with Crippen LogP contribution in [0.25, 0.3) is 0 Å². The summed E-state index contributed by atoms with van der Waals surface area (Å²) in [6.45, 7) is 4.60. The van der Waals surface area contributed by atoms with Crippen molar-refractivity contribution in [2.75, 3.05) is 0 Å². The number of halogens is 1. The molecule has 2 nitrogen and oxygen atoms in total. The topological polar surface area (TPSA) is 17.8 Å². The molecule has 0 aliphatic heterocycles. The van der Waals surface area contributed by atoms with Crippen molar-refractivity contribution < 1.29 is 0 Å². The molecule has 0 spiro atoms. The van der Waals surface area contributed by atoms with E-state index in [0.29, 0.717) is 6.04 Å². The molecule has 0 N–H and O–H groups in total. The van der Waals surface area contributed by atoms with Gasteiger partial charge in [0.05, 0.1) is 6.33 Å². The molecule has 1 heterocycles. The Kier molecular flexibility index (Phi) is 26.1. The number of aromatic nitrogens is 2. The molecule has 0 aliphatic carbocycles. The fourth-order valence-corrected chi connectivity index (χ4v) is 5.02. The lowest BCUT2D eigenvalue weighted by Gasteiger charge is -2.18. The fraction of sp³-hybridized carbons (Fsp3) is 0.900. The predicted octanol–water partition coefficient (Wildman–Crippen LogP) is 11.4. The summed E-state index contributed by atoms with van der Waals surface area (Å²) in [7, 11) is 0. The van der Waals surface area contributed by atoms with Gasteiger partial charge in [0.25, 0.3) is 0 Å². The third kappa shape index (κ3) is 20.8. The Hall–Kier alpha value is -0.310. The highest BCUT2D eigenvalue weighted by Gasteiger charge is 2.10. The molecule has 1 rings (SSSR count). The first-order valence-electron chi connectivity index (χ1n) is 14.9. The zero-order chi connectivity index (χ0) is 23.0. The molecule has 0 fully saturated rings. The van der Waals surface area contributed by atoms with Crippen LogP contribution < -0.4 is 0 Å². The molecule has 3 heteroatoms. The average Bonchev–Trinajstić information content (AvgIpc) is 3.34. The molecule has 0 saturated heterocycles. The zero-order valence-electron chi connectivity index (χ0n) is 22.6. The summed E-state index contributed by atoms with van der Waals surface area (Å²) in [6.07, 6.45) is 40.4. The van der Waals surface area contributed by atoms with E-state index in [1.165, 1.54) is 154 Å². The third-order valence-corrected chi connectivity index (χ3v) is 7.23. The largest absolute Gasteiger partial charge is 0.334 e. The summed E-state index contributed by atoms with van der Waals surface area (Å²) < 4.78 is 2.37. The van der Waals surface area contributed by atoms with Crippen LogP contribution >= 0.6 is 17.0 Å². The van der Waals surface area contributed by atoms with E-state index in [0.717, 1.165) is 0 Å². The highest BCUT2D eigenvalue weighted by molar-refractivity contribution is 8.93. The number of nitrogens with zero attached hydrogens (tertiary/aromatic N) is 2. The van der Waals surface area contributed by atoms with Gasteiger partial charge in [-0.15, -0.1) is 17.0 Å². The van der Waals surface area contributed by atoms with Gasteiger partial charge in [-0.25, -0.2) is 4.98 Å². The summed E-state index contributed by atoms with van der Waals surface area (Å²) in [5.74, 6) is 0. The Morgan fingerprint density at radius 1 is 0.515 bits per heavy atom. The van der Waals surface area contributed by atoms with E-state index < -0.39 is 0 Å². The molecule has 1 unspecified atom stereocenters. The molecule has 0 saturated carbocycles. The number of imidazole rings is 1. The van der Waals surface area contributed by atoms with Crippen molar-refractivity contribution in [2.45, 2.75) is 174 Å². The van der Waals surface area contributed by atoms with Crippen LogP contribution in [0.4, 0.5) is 0 Å². The van der Waals surface area contributed by atoms with Gasteiger partial charge in [0, 0.05) is 18.4 Å². The smallest absolute Gasteiger partial charge is 0.0948 e. The Bertz CT molecular complexity index is 460. The van der Waals surface area contributed by atoms with Crippen LogP contribution in [0, 0.1) is 0 Å². The molecule has 0 radical (unpaired) electrons. The second kappa shape index (κ2) is 26.3. The van der Waals surface area contributed by atoms with Crippen molar-refractivity contribution in [2.24, 2.45) is 0 Å². The van der Waals surface area contributed by atoms with Crippen molar-refractivity contribution in [1.82, 2.24) is 9.55 Å². The second-order valence-electron chi connectivity index (χ2n) is 10.3. The number of rotatable bonds is 25. The summed E-state index contributed by atoms with van der Waals surface area (Å²) >= 11 is 0. The van der Waals surface area contributed by atoms with Gasteiger partial charge in [-0.1, -0.05) is 155 Å². The summed E-state index contributed by atoms with van der Waals surface area (Å²) in [4.78, 5) is 4.30. The molecule has 1 atom stereocenters. The second-order valence-corrected chi connectivity index (χ2v) is 10.3. The summed E-state index contributed by atoms with van der Waals surface area (Å²) in [5.41, 5.74) is 0. The van der Waals surface area contributed by atoms with Crippen LogP contribution in [-0.2, 0) is 0 Å². The quantitative estimate of drug-likeness (QED) is 0.116. The SMILES string of the molecule is Br.CCCCCCCCCCCCCCCCCCC(CCCCCCCC)n1ccnc1. The van der Waals surface area contributed by atoms with Crippen molar-refractivity contribution in [3.63, 3.8) is 0 Å². The highest BCUT2D eigenvalue weighted by atomic mass is 79.9. The maximum atomic E-state index is 4.30. The molecule has 0 aliphatic rings. The lowest BCUT2D eigenvalue weighted by atomic mass is 9.99. The maximum absolute atomic E-state index is 4.30. The molecular formula is C30H59BrN2. The minimum atomic E-state index is 0.